The molecule has 4 aromatic carbocycles. The summed E-state index contributed by atoms with van der Waals surface area (Å²) in [5, 5.41) is 0. The topological polar surface area (TPSA) is 150 Å². The number of rotatable bonds is 8. The van der Waals surface area contributed by atoms with Crippen LogP contribution in [0.5, 0.6) is 0 Å². The van der Waals surface area contributed by atoms with Crippen molar-refractivity contribution in [2.75, 3.05) is 19.6 Å². The highest BCUT2D eigenvalue weighted by molar-refractivity contribution is 6.31. The second-order valence-corrected chi connectivity index (χ2v) is 23.5. The third-order valence-electron chi connectivity index (χ3n) is 19.7. The summed E-state index contributed by atoms with van der Waals surface area (Å²) in [6.45, 7) is 16.0. The first-order chi connectivity index (χ1) is 35.1. The standard InChI is InChI=1S/C62H56N4O8/c1-31-17-39(18-32(2)55(31)63-47(67)9-10-48(63)68)59-25-43-45-27-60(40-19-33(3)56(34(4)20-40)64-49(69)11-12-50(64)70)28-46(61(45,29-59)41-21-35(5)57(36(6)22-41)65-51(71)13-14-52(65)72)44(26-59)62(43,30-60)42-23-37(7)58(38(8)24-42)66-53(73)15-16-54(66)74/h9-24,43-46H,25-30H2,1-8H3. The van der Waals surface area contributed by atoms with Crippen LogP contribution in [0, 0.1) is 79.1 Å². The Morgan fingerprint density at radius 2 is 0.473 bits per heavy atom. The molecule has 372 valence electrons. The molecular weight excluding hydrogens is 929 g/mol. The molecule has 0 radical (unpaired) electrons. The number of anilines is 4. The zero-order valence-corrected chi connectivity index (χ0v) is 42.8. The van der Waals surface area contributed by atoms with Crippen LogP contribution in [0.2, 0.25) is 0 Å². The highest BCUT2D eigenvalue weighted by atomic mass is 16.2. The van der Waals surface area contributed by atoms with E-state index >= 15 is 0 Å². The van der Waals surface area contributed by atoms with Crippen molar-refractivity contribution in [1.29, 1.82) is 0 Å². The van der Waals surface area contributed by atoms with Crippen molar-refractivity contribution in [1.82, 2.24) is 0 Å². The van der Waals surface area contributed by atoms with Crippen LogP contribution < -0.4 is 19.6 Å². The molecule has 8 amide bonds. The third kappa shape index (κ3) is 5.74. The van der Waals surface area contributed by atoms with Gasteiger partial charge in [0.05, 0.1) is 22.7 Å². The largest absolute Gasteiger partial charge is 0.269 e. The van der Waals surface area contributed by atoms with Crippen molar-refractivity contribution < 1.29 is 38.4 Å². The zero-order chi connectivity index (χ0) is 52.0. The van der Waals surface area contributed by atoms with Gasteiger partial charge in [-0.1, -0.05) is 48.5 Å². The van der Waals surface area contributed by atoms with Gasteiger partial charge in [-0.15, -0.1) is 0 Å². The Labute approximate surface area is 429 Å². The summed E-state index contributed by atoms with van der Waals surface area (Å²) in [5.41, 5.74) is 12.8. The van der Waals surface area contributed by atoms with Crippen LogP contribution in [-0.4, -0.2) is 47.3 Å². The van der Waals surface area contributed by atoms with Gasteiger partial charge in [0.25, 0.3) is 47.3 Å². The molecule has 0 aromatic heterocycles. The zero-order valence-electron chi connectivity index (χ0n) is 42.8. The molecule has 0 spiro atoms. The minimum absolute atomic E-state index is 0.144. The van der Waals surface area contributed by atoms with E-state index in [0.29, 0.717) is 22.7 Å². The Bertz CT molecular complexity index is 3170. The summed E-state index contributed by atoms with van der Waals surface area (Å²) in [4.78, 5) is 111. The minimum atomic E-state index is -0.371. The van der Waals surface area contributed by atoms with Crippen molar-refractivity contribution in [3.05, 3.63) is 164 Å². The van der Waals surface area contributed by atoms with Crippen LogP contribution in [0.15, 0.2) is 97.1 Å². The lowest BCUT2D eigenvalue weighted by Crippen LogP contribution is -2.80. The lowest BCUT2D eigenvalue weighted by molar-refractivity contribution is -0.253. The van der Waals surface area contributed by atoms with E-state index in [2.05, 4.69) is 48.5 Å². The molecule has 4 unspecified atom stereocenters. The van der Waals surface area contributed by atoms with E-state index in [0.717, 1.165) is 83.0 Å². The van der Waals surface area contributed by atoms with E-state index in [1.807, 2.05) is 55.4 Å². The number of carbonyl (C=O) groups is 8. The van der Waals surface area contributed by atoms with E-state index in [1.54, 1.807) is 0 Å². The van der Waals surface area contributed by atoms with Gasteiger partial charge in [-0.3, -0.25) is 38.4 Å². The average molecular weight is 985 g/mol. The summed E-state index contributed by atoms with van der Waals surface area (Å²) in [6, 6.07) is 18.0. The predicted molar refractivity (Wildman–Crippen MR) is 279 cm³/mol. The highest BCUT2D eigenvalue weighted by Crippen LogP contribution is 2.85. The molecule has 0 N–H and O–H groups in total. The molecule has 7 fully saturated rings. The molecule has 0 saturated heterocycles. The SMILES string of the molecule is Cc1cc(C23CC4C5CC6(c7cc(C)c(N8C(=O)C=CC8=O)c(C)c7)CC(C(C2)C4(c2cc(C)c(N4C(=O)C=CC4=O)c(C)c2)C6)C5(c2cc(C)c(N4C(=O)C=CC4=O)c(C)c2)C3)cc(C)c1N1C(=O)C=CC1=O. The fraction of sp³-hybridized carbons (Fsp3) is 0.355. The van der Waals surface area contributed by atoms with Gasteiger partial charge in [0.1, 0.15) is 0 Å². The van der Waals surface area contributed by atoms with E-state index in [4.69, 9.17) is 0 Å². The fourth-order valence-electron chi connectivity index (χ4n) is 17.7. The Kier molecular flexibility index (Phi) is 9.38. The van der Waals surface area contributed by atoms with Crippen LogP contribution in [-0.2, 0) is 60.0 Å². The van der Waals surface area contributed by atoms with Crippen LogP contribution in [0.1, 0.15) is 105 Å². The number of benzene rings is 4. The van der Waals surface area contributed by atoms with E-state index < -0.39 is 0 Å². The molecule has 8 bridgehead atoms. The van der Waals surface area contributed by atoms with Crippen molar-refractivity contribution in [3.8, 4) is 0 Å². The Hall–Kier alpha value is -7.60. The normalized spacial score (nSPS) is 31.0. The number of carbonyl (C=O) groups excluding carboxylic acids is 8. The molecule has 4 aromatic rings. The van der Waals surface area contributed by atoms with Gasteiger partial charge in [0, 0.05) is 59.4 Å². The molecule has 4 heterocycles. The smallest absolute Gasteiger partial charge is 0.258 e. The van der Waals surface area contributed by atoms with Crippen LogP contribution in [0.25, 0.3) is 0 Å². The van der Waals surface area contributed by atoms with E-state index in [1.165, 1.54) is 90.5 Å². The Morgan fingerprint density at radius 3 is 0.662 bits per heavy atom. The molecule has 12 heteroatoms. The first-order valence-corrected chi connectivity index (χ1v) is 25.9. The minimum Gasteiger partial charge on any atom is -0.269 e. The number of amides is 8. The lowest BCUT2D eigenvalue weighted by atomic mass is 9.20. The van der Waals surface area contributed by atoms with Crippen LogP contribution >= 0.6 is 0 Å². The molecule has 7 saturated carbocycles. The van der Waals surface area contributed by atoms with Crippen LogP contribution in [0.4, 0.5) is 22.7 Å². The van der Waals surface area contributed by atoms with Crippen molar-refractivity contribution in [3.63, 3.8) is 0 Å². The number of imide groups is 4. The molecule has 4 atom stereocenters. The number of aryl methyl sites for hydroxylation is 8. The molecule has 74 heavy (non-hydrogen) atoms. The van der Waals surface area contributed by atoms with E-state index in [9.17, 15) is 38.4 Å². The summed E-state index contributed by atoms with van der Waals surface area (Å²) in [7, 11) is 0. The summed E-state index contributed by atoms with van der Waals surface area (Å²) in [6.07, 6.45) is 15.9. The summed E-state index contributed by atoms with van der Waals surface area (Å²) >= 11 is 0. The van der Waals surface area contributed by atoms with Crippen LogP contribution in [0.3, 0.4) is 0 Å². The molecule has 7 aliphatic carbocycles. The Balaban J connectivity index is 1.04. The summed E-state index contributed by atoms with van der Waals surface area (Å²) < 4.78 is 0. The van der Waals surface area contributed by atoms with Gasteiger partial charge < -0.3 is 0 Å². The van der Waals surface area contributed by atoms with E-state index in [-0.39, 0.29) is 92.6 Å². The number of nitrogens with zero attached hydrogens (tertiary/aromatic N) is 4. The Morgan fingerprint density at radius 1 is 0.297 bits per heavy atom. The van der Waals surface area contributed by atoms with Crippen molar-refractivity contribution in [2.45, 2.75) is 116 Å². The molecular formula is C62H56N4O8. The molecule has 11 aliphatic rings. The second kappa shape index (κ2) is 15.0. The maximum absolute atomic E-state index is 13.3. The van der Waals surface area contributed by atoms with Gasteiger partial charge in [0.2, 0.25) is 0 Å². The van der Waals surface area contributed by atoms with Gasteiger partial charge in [-0.25, -0.2) is 19.6 Å². The van der Waals surface area contributed by atoms with Crippen molar-refractivity contribution in [2.24, 2.45) is 23.7 Å². The molecule has 12 nitrogen and oxygen atoms in total. The maximum atomic E-state index is 13.3. The number of hydrogen-bond donors (Lipinski definition) is 0. The third-order valence-corrected chi connectivity index (χ3v) is 19.7. The number of hydrogen-bond acceptors (Lipinski definition) is 8. The molecule has 15 rings (SSSR count). The first kappa shape index (κ1) is 46.2. The first-order valence-electron chi connectivity index (χ1n) is 25.9. The maximum Gasteiger partial charge on any atom is 0.258 e. The van der Waals surface area contributed by atoms with Gasteiger partial charge in [0.15, 0.2) is 0 Å². The molecule has 4 aliphatic heterocycles. The second-order valence-electron chi connectivity index (χ2n) is 23.5. The van der Waals surface area contributed by atoms with Crippen molar-refractivity contribution >= 4 is 70.0 Å². The monoisotopic (exact) mass is 984 g/mol. The highest BCUT2D eigenvalue weighted by Gasteiger charge is 2.81. The predicted octanol–water partition coefficient (Wildman–Crippen LogP) is 8.80. The van der Waals surface area contributed by atoms with Gasteiger partial charge in [-0.05, 0) is 195 Å². The van der Waals surface area contributed by atoms with Gasteiger partial charge in [-0.2, -0.15) is 0 Å². The van der Waals surface area contributed by atoms with Gasteiger partial charge >= 0.3 is 0 Å². The fourth-order valence-corrected chi connectivity index (χ4v) is 17.7. The summed E-state index contributed by atoms with van der Waals surface area (Å²) in [5.74, 6) is -2.26. The quantitative estimate of drug-likeness (QED) is 0.159. The average Bonchev–Trinajstić information content (AvgIpc) is 4.13. The lowest BCUT2D eigenvalue weighted by Gasteiger charge is -2.83.